The number of Topliss-reactive ketones (excluding diaryl/α,β-unsaturated/α-hetero) is 1. The molecular formula is C25H22Cl3NO3. The van der Waals surface area contributed by atoms with Gasteiger partial charge in [-0.1, -0.05) is 59.1 Å². The van der Waals surface area contributed by atoms with Crippen LogP contribution in [0.1, 0.15) is 49.7 Å². The van der Waals surface area contributed by atoms with Gasteiger partial charge in [0, 0.05) is 34.3 Å². The highest BCUT2D eigenvalue weighted by Crippen LogP contribution is 2.48. The van der Waals surface area contributed by atoms with Gasteiger partial charge in [-0.15, -0.1) is 0 Å². The molecule has 4 nitrogen and oxygen atoms in total. The van der Waals surface area contributed by atoms with E-state index < -0.39 is 11.9 Å². The number of hydrogen-bond donors (Lipinski definition) is 1. The van der Waals surface area contributed by atoms with Crippen molar-refractivity contribution in [2.24, 2.45) is 0 Å². The molecule has 0 spiro atoms. The lowest BCUT2D eigenvalue weighted by molar-refractivity contribution is -0.138. The number of dihydropyridines is 1. The number of benzene rings is 2. The van der Waals surface area contributed by atoms with Crippen molar-refractivity contribution in [3.05, 3.63) is 91.2 Å². The molecule has 1 aliphatic carbocycles. The molecule has 0 amide bonds. The molecule has 32 heavy (non-hydrogen) atoms. The number of allylic oxidation sites excluding steroid dienone is 3. The van der Waals surface area contributed by atoms with E-state index in [2.05, 4.69) is 5.32 Å². The van der Waals surface area contributed by atoms with Crippen molar-refractivity contribution < 1.29 is 14.3 Å². The average molecular weight is 491 g/mol. The van der Waals surface area contributed by atoms with Gasteiger partial charge in [0.05, 0.1) is 22.2 Å². The average Bonchev–Trinajstić information content (AvgIpc) is 2.75. The Morgan fingerprint density at radius 2 is 1.81 bits per heavy atom. The van der Waals surface area contributed by atoms with Crippen molar-refractivity contribution in [3.8, 4) is 0 Å². The van der Waals surface area contributed by atoms with E-state index in [1.54, 1.807) is 25.1 Å². The third-order valence-electron chi connectivity index (χ3n) is 5.96. The lowest BCUT2D eigenvalue weighted by atomic mass is 9.71. The Kier molecular flexibility index (Phi) is 6.66. The van der Waals surface area contributed by atoms with Crippen LogP contribution in [0.25, 0.3) is 0 Å². The number of nitrogens with one attached hydrogen (secondary N) is 1. The van der Waals surface area contributed by atoms with Gasteiger partial charge in [-0.25, -0.2) is 4.79 Å². The molecule has 7 heteroatoms. The van der Waals surface area contributed by atoms with E-state index >= 15 is 0 Å². The van der Waals surface area contributed by atoms with Crippen LogP contribution >= 0.6 is 34.8 Å². The zero-order valence-corrected chi connectivity index (χ0v) is 19.9. The lowest BCUT2D eigenvalue weighted by Crippen LogP contribution is -2.36. The molecular weight excluding hydrogens is 469 g/mol. The summed E-state index contributed by atoms with van der Waals surface area (Å²) in [6.07, 6.45) is 0.955. The number of esters is 1. The molecule has 4 rings (SSSR count). The topological polar surface area (TPSA) is 55.4 Å². The van der Waals surface area contributed by atoms with Gasteiger partial charge in [0.2, 0.25) is 0 Å². The number of hydrogen-bond acceptors (Lipinski definition) is 4. The summed E-state index contributed by atoms with van der Waals surface area (Å²) in [7, 11) is 0. The first-order valence-corrected chi connectivity index (χ1v) is 11.6. The van der Waals surface area contributed by atoms with Gasteiger partial charge in [-0.05, 0) is 55.5 Å². The van der Waals surface area contributed by atoms with E-state index in [0.717, 1.165) is 11.3 Å². The predicted molar refractivity (Wildman–Crippen MR) is 127 cm³/mol. The molecule has 0 radical (unpaired) electrons. The summed E-state index contributed by atoms with van der Waals surface area (Å²) in [6, 6.07) is 12.8. The van der Waals surface area contributed by atoms with E-state index in [9.17, 15) is 9.59 Å². The van der Waals surface area contributed by atoms with Crippen LogP contribution < -0.4 is 5.32 Å². The van der Waals surface area contributed by atoms with Crippen LogP contribution in [0.15, 0.2) is 65.0 Å². The van der Waals surface area contributed by atoms with Gasteiger partial charge in [0.25, 0.3) is 0 Å². The summed E-state index contributed by atoms with van der Waals surface area (Å²) in [5, 5.41) is 4.67. The molecule has 0 saturated carbocycles. The quantitative estimate of drug-likeness (QED) is 0.492. The Morgan fingerprint density at radius 1 is 1.09 bits per heavy atom. The molecule has 0 unspecified atom stereocenters. The fourth-order valence-corrected chi connectivity index (χ4v) is 5.09. The summed E-state index contributed by atoms with van der Waals surface area (Å²) < 4.78 is 5.33. The van der Waals surface area contributed by atoms with Crippen LogP contribution in [-0.2, 0) is 14.3 Å². The molecule has 1 aliphatic heterocycles. The van der Waals surface area contributed by atoms with Crippen LogP contribution in [-0.4, -0.2) is 18.4 Å². The summed E-state index contributed by atoms with van der Waals surface area (Å²) in [4.78, 5) is 26.5. The maximum Gasteiger partial charge on any atom is 0.336 e. The largest absolute Gasteiger partial charge is 0.463 e. The van der Waals surface area contributed by atoms with Crippen LogP contribution in [0.2, 0.25) is 15.1 Å². The lowest BCUT2D eigenvalue weighted by Gasteiger charge is -2.37. The van der Waals surface area contributed by atoms with E-state index in [4.69, 9.17) is 39.5 Å². The standard InChI is InChI=1S/C25H22Cl3NO3/c1-3-32-25(31)21-13(2)29-19-11-15(14-7-9-16(26)10-8-14)12-20(30)23(19)22(21)17-5-4-6-18(27)24(17)28/h4-10,15,22,29H,3,11-12H2,1-2H3/t15-,22+/m1/s1. The first kappa shape index (κ1) is 22.9. The van der Waals surface area contributed by atoms with Gasteiger partial charge in [0.1, 0.15) is 0 Å². The van der Waals surface area contributed by atoms with Crippen molar-refractivity contribution in [3.63, 3.8) is 0 Å². The molecule has 0 saturated heterocycles. The highest BCUT2D eigenvalue weighted by molar-refractivity contribution is 6.42. The van der Waals surface area contributed by atoms with Crippen LogP contribution in [0.3, 0.4) is 0 Å². The van der Waals surface area contributed by atoms with Gasteiger partial charge in [-0.2, -0.15) is 0 Å². The second-order valence-corrected chi connectivity index (χ2v) is 9.15. The number of ether oxygens (including phenoxy) is 1. The number of halogens is 3. The number of carbonyl (C=O) groups excluding carboxylic acids is 2. The molecule has 0 bridgehead atoms. The number of ketones is 1. The molecule has 2 atom stereocenters. The summed E-state index contributed by atoms with van der Waals surface area (Å²) in [6.45, 7) is 3.79. The minimum atomic E-state index is -0.643. The zero-order valence-electron chi connectivity index (χ0n) is 17.7. The van der Waals surface area contributed by atoms with E-state index in [-0.39, 0.29) is 18.3 Å². The van der Waals surface area contributed by atoms with Crippen molar-refractivity contribution in [1.82, 2.24) is 5.32 Å². The van der Waals surface area contributed by atoms with Crippen LogP contribution in [0, 0.1) is 0 Å². The number of carbonyl (C=O) groups is 2. The zero-order chi connectivity index (χ0) is 23.0. The first-order chi connectivity index (χ1) is 15.3. The van der Waals surface area contributed by atoms with Crippen molar-refractivity contribution in [1.29, 1.82) is 0 Å². The second-order valence-electron chi connectivity index (χ2n) is 7.93. The van der Waals surface area contributed by atoms with Gasteiger partial charge in [0.15, 0.2) is 5.78 Å². The fourth-order valence-electron chi connectivity index (χ4n) is 4.54. The maximum atomic E-state index is 13.5. The predicted octanol–water partition coefficient (Wildman–Crippen LogP) is 6.57. The molecule has 166 valence electrons. The molecule has 1 N–H and O–H groups in total. The highest BCUT2D eigenvalue weighted by atomic mass is 35.5. The number of rotatable bonds is 4. The van der Waals surface area contributed by atoms with E-state index in [1.165, 1.54) is 0 Å². The van der Waals surface area contributed by atoms with Crippen molar-refractivity contribution in [2.45, 2.75) is 38.5 Å². The molecule has 2 aliphatic rings. The Morgan fingerprint density at radius 3 is 2.50 bits per heavy atom. The Balaban J connectivity index is 1.83. The van der Waals surface area contributed by atoms with Crippen molar-refractivity contribution in [2.75, 3.05) is 6.61 Å². The maximum absolute atomic E-state index is 13.5. The minimum Gasteiger partial charge on any atom is -0.463 e. The second kappa shape index (κ2) is 9.30. The molecule has 0 fully saturated rings. The summed E-state index contributed by atoms with van der Waals surface area (Å²) in [5.41, 5.74) is 4.04. The summed E-state index contributed by atoms with van der Waals surface area (Å²) in [5.74, 6) is -1.14. The SMILES string of the molecule is CCOC(=O)C1=C(C)NC2=C(C(=O)C[C@H](c3ccc(Cl)cc3)C2)[C@H]1c1cccc(Cl)c1Cl. The highest BCUT2D eigenvalue weighted by Gasteiger charge is 2.42. The Bertz CT molecular complexity index is 1150. The normalized spacial score (nSPS) is 20.7. The van der Waals surface area contributed by atoms with Crippen molar-refractivity contribution >= 4 is 46.6 Å². The van der Waals surface area contributed by atoms with Gasteiger partial charge < -0.3 is 10.1 Å². The smallest absolute Gasteiger partial charge is 0.336 e. The Hall–Kier alpha value is -2.27. The van der Waals surface area contributed by atoms with E-state index in [1.807, 2.05) is 31.2 Å². The van der Waals surface area contributed by atoms with Crippen LogP contribution in [0.4, 0.5) is 0 Å². The van der Waals surface area contributed by atoms with Gasteiger partial charge in [-0.3, -0.25) is 4.79 Å². The molecule has 1 heterocycles. The van der Waals surface area contributed by atoms with Gasteiger partial charge >= 0.3 is 5.97 Å². The summed E-state index contributed by atoms with van der Waals surface area (Å²) >= 11 is 18.9. The molecule has 2 aromatic carbocycles. The molecule has 2 aromatic rings. The third-order valence-corrected chi connectivity index (χ3v) is 7.04. The van der Waals surface area contributed by atoms with Crippen LogP contribution in [0.5, 0.6) is 0 Å². The minimum absolute atomic E-state index is 0.0124. The first-order valence-electron chi connectivity index (χ1n) is 10.4. The third kappa shape index (κ3) is 4.19. The monoisotopic (exact) mass is 489 g/mol. The van der Waals surface area contributed by atoms with E-state index in [0.29, 0.717) is 50.3 Å². The fraction of sp³-hybridized carbons (Fsp3) is 0.280. The molecule has 0 aromatic heterocycles. The Labute approximate surface area is 202 Å².